The highest BCUT2D eigenvalue weighted by atomic mass is 16.7. The Kier molecular flexibility index (Phi) is 6.21. The lowest BCUT2D eigenvalue weighted by molar-refractivity contribution is 0.0107. The van der Waals surface area contributed by atoms with E-state index in [1.807, 2.05) is 0 Å². The maximum atomic E-state index is 11.2. The lowest BCUT2D eigenvalue weighted by Gasteiger charge is -2.21. The Bertz CT molecular complexity index is 174. The van der Waals surface area contributed by atoms with Gasteiger partial charge in [-0.05, 0) is 32.1 Å². The van der Waals surface area contributed by atoms with Gasteiger partial charge in [-0.15, -0.1) is 0 Å². The second kappa shape index (κ2) is 7.55. The first-order valence-corrected chi connectivity index (χ1v) is 5.95. The number of carbonyl (C=O) groups excluding carboxylic acids is 1. The summed E-state index contributed by atoms with van der Waals surface area (Å²) in [6.45, 7) is 4.18. The summed E-state index contributed by atoms with van der Waals surface area (Å²) in [5, 5.41) is 0. The fourth-order valence-electron chi connectivity index (χ4n) is 1.79. The first kappa shape index (κ1) is 12.3. The Morgan fingerprint density at radius 2 is 1.93 bits per heavy atom. The Labute approximate surface area is 92.1 Å². The van der Waals surface area contributed by atoms with Crippen LogP contribution in [0.4, 0.5) is 4.79 Å². The molecule has 1 radical (unpaired) electrons. The first-order chi connectivity index (χ1) is 7.33. The van der Waals surface area contributed by atoms with Crippen LogP contribution in [0.15, 0.2) is 0 Å². The molecule has 0 atom stereocenters. The third-order valence-electron chi connectivity index (χ3n) is 2.68. The van der Waals surface area contributed by atoms with Crippen LogP contribution in [0.2, 0.25) is 0 Å². The zero-order valence-electron chi connectivity index (χ0n) is 9.37. The molecular weight excluding hydrogens is 192 g/mol. The molecule has 1 aliphatic carbocycles. The van der Waals surface area contributed by atoms with Gasteiger partial charge in [-0.3, -0.25) is 0 Å². The number of carbonyl (C=O) groups is 1. The van der Waals surface area contributed by atoms with Gasteiger partial charge in [-0.1, -0.05) is 26.2 Å². The molecule has 0 unspecified atom stereocenters. The average Bonchev–Trinajstić information content (AvgIpc) is 2.26. The second-order valence-electron chi connectivity index (χ2n) is 4.04. The molecule has 15 heavy (non-hydrogen) atoms. The monoisotopic (exact) mass is 213 g/mol. The molecule has 0 spiro atoms. The standard InChI is InChI=1S/C12H21O3/c1-2-3-7-10-14-12(13)15-11-8-5-4-6-9-11/h11H,1-10H2. The normalized spacial score (nSPS) is 17.4. The van der Waals surface area contributed by atoms with Gasteiger partial charge < -0.3 is 9.47 Å². The van der Waals surface area contributed by atoms with Crippen molar-refractivity contribution in [3.63, 3.8) is 0 Å². The molecule has 0 aliphatic heterocycles. The van der Waals surface area contributed by atoms with Crippen molar-refractivity contribution in [2.24, 2.45) is 0 Å². The van der Waals surface area contributed by atoms with Gasteiger partial charge in [0, 0.05) is 0 Å². The Morgan fingerprint density at radius 3 is 2.60 bits per heavy atom. The molecule has 1 saturated carbocycles. The number of unbranched alkanes of at least 4 members (excludes halogenated alkanes) is 2. The van der Waals surface area contributed by atoms with Crippen molar-refractivity contribution >= 4 is 6.16 Å². The Hall–Kier alpha value is -0.730. The van der Waals surface area contributed by atoms with E-state index >= 15 is 0 Å². The molecule has 0 aromatic rings. The van der Waals surface area contributed by atoms with E-state index in [4.69, 9.17) is 9.47 Å². The summed E-state index contributed by atoms with van der Waals surface area (Å²) in [7, 11) is 0. The summed E-state index contributed by atoms with van der Waals surface area (Å²) < 4.78 is 10.2. The van der Waals surface area contributed by atoms with Gasteiger partial charge in [0.25, 0.3) is 0 Å². The van der Waals surface area contributed by atoms with Gasteiger partial charge in [0.05, 0.1) is 6.61 Å². The highest BCUT2D eigenvalue weighted by Crippen LogP contribution is 2.20. The zero-order chi connectivity index (χ0) is 10.9. The fraction of sp³-hybridized carbons (Fsp3) is 0.833. The van der Waals surface area contributed by atoms with Crippen molar-refractivity contribution in [1.29, 1.82) is 0 Å². The van der Waals surface area contributed by atoms with Crippen LogP contribution in [0, 0.1) is 6.92 Å². The quantitative estimate of drug-likeness (QED) is 0.518. The highest BCUT2D eigenvalue weighted by Gasteiger charge is 2.18. The molecule has 0 aromatic carbocycles. The molecule has 0 amide bonds. The van der Waals surface area contributed by atoms with Gasteiger partial charge in [-0.25, -0.2) is 4.79 Å². The summed E-state index contributed by atoms with van der Waals surface area (Å²) in [5.41, 5.74) is 0. The van der Waals surface area contributed by atoms with Gasteiger partial charge in [-0.2, -0.15) is 0 Å². The number of rotatable bonds is 5. The van der Waals surface area contributed by atoms with E-state index < -0.39 is 6.16 Å². The molecule has 3 nitrogen and oxygen atoms in total. The van der Waals surface area contributed by atoms with E-state index in [0.29, 0.717) is 6.61 Å². The maximum Gasteiger partial charge on any atom is 0.508 e. The van der Waals surface area contributed by atoms with Crippen LogP contribution in [0.1, 0.15) is 51.4 Å². The van der Waals surface area contributed by atoms with E-state index in [9.17, 15) is 4.79 Å². The number of ether oxygens (including phenoxy) is 2. The van der Waals surface area contributed by atoms with Crippen molar-refractivity contribution in [1.82, 2.24) is 0 Å². The van der Waals surface area contributed by atoms with Crippen molar-refractivity contribution in [3.8, 4) is 0 Å². The molecule has 87 valence electrons. The van der Waals surface area contributed by atoms with E-state index in [1.165, 1.54) is 19.3 Å². The molecule has 0 N–H and O–H groups in total. The second-order valence-corrected chi connectivity index (χ2v) is 4.04. The van der Waals surface area contributed by atoms with Crippen molar-refractivity contribution in [2.75, 3.05) is 6.61 Å². The van der Waals surface area contributed by atoms with Crippen LogP contribution in [-0.4, -0.2) is 18.9 Å². The summed E-state index contributed by atoms with van der Waals surface area (Å²) in [6, 6.07) is 0. The minimum Gasteiger partial charge on any atom is -0.434 e. The molecule has 3 heteroatoms. The average molecular weight is 213 g/mol. The molecule has 0 bridgehead atoms. The smallest absolute Gasteiger partial charge is 0.434 e. The molecule has 1 fully saturated rings. The van der Waals surface area contributed by atoms with Crippen LogP contribution >= 0.6 is 0 Å². The first-order valence-electron chi connectivity index (χ1n) is 5.95. The van der Waals surface area contributed by atoms with Crippen LogP contribution < -0.4 is 0 Å². The van der Waals surface area contributed by atoms with Gasteiger partial charge in [0.2, 0.25) is 0 Å². The van der Waals surface area contributed by atoms with Crippen LogP contribution in [0.3, 0.4) is 0 Å². The van der Waals surface area contributed by atoms with Crippen molar-refractivity contribution in [3.05, 3.63) is 6.92 Å². The summed E-state index contributed by atoms with van der Waals surface area (Å²) in [4.78, 5) is 11.2. The Morgan fingerprint density at radius 1 is 1.20 bits per heavy atom. The third-order valence-corrected chi connectivity index (χ3v) is 2.68. The zero-order valence-corrected chi connectivity index (χ0v) is 9.37. The van der Waals surface area contributed by atoms with E-state index in [1.54, 1.807) is 0 Å². The van der Waals surface area contributed by atoms with Crippen LogP contribution in [0.5, 0.6) is 0 Å². The third kappa shape index (κ3) is 5.65. The molecule has 1 rings (SSSR count). The van der Waals surface area contributed by atoms with Crippen LogP contribution in [-0.2, 0) is 9.47 Å². The maximum absolute atomic E-state index is 11.2. The summed E-state index contributed by atoms with van der Waals surface area (Å²) >= 11 is 0. The van der Waals surface area contributed by atoms with E-state index in [0.717, 1.165) is 32.1 Å². The minimum atomic E-state index is -0.494. The Balaban J connectivity index is 2.01. The molecular formula is C12H21O3. The van der Waals surface area contributed by atoms with Gasteiger partial charge >= 0.3 is 6.16 Å². The molecule has 0 aromatic heterocycles. The van der Waals surface area contributed by atoms with Crippen molar-refractivity contribution in [2.45, 2.75) is 57.5 Å². The largest absolute Gasteiger partial charge is 0.508 e. The summed E-state index contributed by atoms with van der Waals surface area (Å²) in [5.74, 6) is 0. The van der Waals surface area contributed by atoms with Crippen LogP contribution in [0.25, 0.3) is 0 Å². The predicted molar refractivity (Wildman–Crippen MR) is 58.5 cm³/mol. The van der Waals surface area contributed by atoms with Gasteiger partial charge in [0.15, 0.2) is 0 Å². The van der Waals surface area contributed by atoms with E-state index in [2.05, 4.69) is 6.92 Å². The lowest BCUT2D eigenvalue weighted by Crippen LogP contribution is -2.21. The SMILES string of the molecule is [CH2]CCCCOC(=O)OC1CCCCC1. The predicted octanol–water partition coefficient (Wildman–Crippen LogP) is 3.48. The highest BCUT2D eigenvalue weighted by molar-refractivity contribution is 5.60. The number of hydrogen-bond donors (Lipinski definition) is 0. The number of hydrogen-bond acceptors (Lipinski definition) is 3. The molecule has 0 saturated heterocycles. The van der Waals surface area contributed by atoms with E-state index in [-0.39, 0.29) is 6.10 Å². The van der Waals surface area contributed by atoms with Gasteiger partial charge in [0.1, 0.15) is 6.10 Å². The molecule has 0 heterocycles. The summed E-state index contributed by atoms with van der Waals surface area (Å²) in [6.07, 6.45) is 7.95. The molecule has 1 aliphatic rings. The van der Waals surface area contributed by atoms with Crippen molar-refractivity contribution < 1.29 is 14.3 Å². The fourth-order valence-corrected chi connectivity index (χ4v) is 1.79. The minimum absolute atomic E-state index is 0.0964. The lowest BCUT2D eigenvalue weighted by atomic mass is 9.98. The topological polar surface area (TPSA) is 35.5 Å².